The molecule has 0 aromatic heterocycles. The number of amides is 1. The highest BCUT2D eigenvalue weighted by atomic mass is 16.2. The summed E-state index contributed by atoms with van der Waals surface area (Å²) in [5.41, 5.74) is 2.62. The summed E-state index contributed by atoms with van der Waals surface area (Å²) in [7, 11) is 0. The Morgan fingerprint density at radius 3 is 2.38 bits per heavy atom. The number of hydrogen-bond donors (Lipinski definition) is 1. The van der Waals surface area contributed by atoms with E-state index in [1.54, 1.807) is 0 Å². The van der Waals surface area contributed by atoms with Gasteiger partial charge in [0, 0.05) is 19.5 Å². The van der Waals surface area contributed by atoms with Gasteiger partial charge in [0.05, 0.1) is 0 Å². The van der Waals surface area contributed by atoms with Crippen molar-refractivity contribution in [2.75, 3.05) is 13.1 Å². The summed E-state index contributed by atoms with van der Waals surface area (Å²) in [6, 6.07) is 8.33. The van der Waals surface area contributed by atoms with Gasteiger partial charge in [-0.05, 0) is 30.1 Å². The molecular formula is C13H16N2O. The van der Waals surface area contributed by atoms with Gasteiger partial charge in [-0.1, -0.05) is 24.3 Å². The van der Waals surface area contributed by atoms with Gasteiger partial charge < -0.3 is 10.2 Å². The van der Waals surface area contributed by atoms with Crippen LogP contribution in [0.2, 0.25) is 0 Å². The van der Waals surface area contributed by atoms with Crippen LogP contribution in [0.5, 0.6) is 0 Å². The molecule has 1 fully saturated rings. The fraction of sp³-hybridized carbons (Fsp3) is 0.462. The van der Waals surface area contributed by atoms with E-state index in [2.05, 4.69) is 17.4 Å². The van der Waals surface area contributed by atoms with E-state index in [1.165, 1.54) is 11.1 Å². The van der Waals surface area contributed by atoms with Gasteiger partial charge in [-0.25, -0.2) is 0 Å². The normalized spacial score (nSPS) is 19.4. The molecule has 2 aliphatic rings. The average molecular weight is 216 g/mol. The van der Waals surface area contributed by atoms with Crippen molar-refractivity contribution in [3.63, 3.8) is 0 Å². The molecule has 84 valence electrons. The van der Waals surface area contributed by atoms with Crippen LogP contribution in [0.1, 0.15) is 17.5 Å². The monoisotopic (exact) mass is 216 g/mol. The summed E-state index contributed by atoms with van der Waals surface area (Å²) < 4.78 is 0. The number of benzene rings is 1. The molecule has 0 radical (unpaired) electrons. The predicted molar refractivity (Wildman–Crippen MR) is 61.7 cm³/mol. The summed E-state index contributed by atoms with van der Waals surface area (Å²) in [4.78, 5) is 14.0. The molecule has 1 amide bonds. The second kappa shape index (κ2) is 3.91. The summed E-state index contributed by atoms with van der Waals surface area (Å²) in [5, 5.41) is 3.20. The van der Waals surface area contributed by atoms with E-state index in [1.807, 2.05) is 17.0 Å². The lowest BCUT2D eigenvalue weighted by Crippen LogP contribution is -2.44. The van der Waals surface area contributed by atoms with Crippen LogP contribution in [0.25, 0.3) is 0 Å². The third-order valence-corrected chi connectivity index (χ3v) is 3.52. The van der Waals surface area contributed by atoms with Crippen LogP contribution in [-0.4, -0.2) is 23.9 Å². The maximum Gasteiger partial charge on any atom is 0.223 e. The summed E-state index contributed by atoms with van der Waals surface area (Å²) >= 11 is 0. The first-order valence-electron chi connectivity index (χ1n) is 5.88. The highest BCUT2D eigenvalue weighted by Crippen LogP contribution is 2.24. The minimum absolute atomic E-state index is 0.308. The second-order valence-electron chi connectivity index (χ2n) is 4.75. The molecule has 0 aliphatic carbocycles. The molecule has 16 heavy (non-hydrogen) atoms. The third kappa shape index (κ3) is 1.71. The second-order valence-corrected chi connectivity index (χ2v) is 4.75. The first-order chi connectivity index (χ1) is 7.83. The fourth-order valence-corrected chi connectivity index (χ4v) is 2.38. The van der Waals surface area contributed by atoms with Crippen LogP contribution in [0.4, 0.5) is 0 Å². The third-order valence-electron chi connectivity index (χ3n) is 3.52. The Bertz CT molecular complexity index is 387. The molecule has 2 heterocycles. The maximum absolute atomic E-state index is 12.0. The molecule has 1 aromatic carbocycles. The van der Waals surface area contributed by atoms with Gasteiger partial charge in [-0.3, -0.25) is 4.79 Å². The molecule has 3 rings (SSSR count). The molecule has 3 nitrogen and oxygen atoms in total. The lowest BCUT2D eigenvalue weighted by Gasteiger charge is -2.28. The van der Waals surface area contributed by atoms with Crippen LogP contribution in [0, 0.1) is 5.92 Å². The minimum atomic E-state index is 0.308. The van der Waals surface area contributed by atoms with Gasteiger partial charge in [0.15, 0.2) is 0 Å². The number of carbonyl (C=O) groups is 1. The maximum atomic E-state index is 12.0. The van der Waals surface area contributed by atoms with Crippen molar-refractivity contribution in [3.8, 4) is 0 Å². The molecule has 0 unspecified atom stereocenters. The SMILES string of the molecule is O=C(CC1CNC1)N1Cc2ccccc2C1. The molecule has 3 heteroatoms. The van der Waals surface area contributed by atoms with Crippen molar-refractivity contribution in [1.29, 1.82) is 0 Å². The molecule has 1 saturated heterocycles. The van der Waals surface area contributed by atoms with E-state index in [0.29, 0.717) is 18.2 Å². The number of rotatable bonds is 2. The smallest absolute Gasteiger partial charge is 0.223 e. The number of carbonyl (C=O) groups excluding carboxylic acids is 1. The molecule has 1 aromatic rings. The van der Waals surface area contributed by atoms with Gasteiger partial charge in [0.25, 0.3) is 0 Å². The number of fused-ring (bicyclic) bond motifs is 1. The van der Waals surface area contributed by atoms with Gasteiger partial charge in [0.2, 0.25) is 5.91 Å². The molecule has 0 spiro atoms. The quantitative estimate of drug-likeness (QED) is 0.804. The number of nitrogens with one attached hydrogen (secondary N) is 1. The van der Waals surface area contributed by atoms with Gasteiger partial charge in [-0.15, -0.1) is 0 Å². The predicted octanol–water partition coefficient (Wildman–Crippen LogP) is 1.14. The highest BCUT2D eigenvalue weighted by Gasteiger charge is 2.27. The van der Waals surface area contributed by atoms with E-state index in [0.717, 1.165) is 26.2 Å². The first kappa shape index (κ1) is 9.85. The number of hydrogen-bond acceptors (Lipinski definition) is 2. The average Bonchev–Trinajstić information content (AvgIpc) is 2.66. The van der Waals surface area contributed by atoms with Crippen molar-refractivity contribution in [1.82, 2.24) is 10.2 Å². The van der Waals surface area contributed by atoms with Gasteiger partial charge >= 0.3 is 0 Å². The Labute approximate surface area is 95.4 Å². The molecule has 2 aliphatic heterocycles. The van der Waals surface area contributed by atoms with Crippen LogP contribution < -0.4 is 5.32 Å². The molecular weight excluding hydrogens is 200 g/mol. The lowest BCUT2D eigenvalue weighted by atomic mass is 9.99. The van der Waals surface area contributed by atoms with Crippen LogP contribution in [0.3, 0.4) is 0 Å². The van der Waals surface area contributed by atoms with E-state index in [4.69, 9.17) is 0 Å². The molecule has 1 N–H and O–H groups in total. The van der Waals surface area contributed by atoms with E-state index >= 15 is 0 Å². The molecule has 0 bridgehead atoms. The van der Waals surface area contributed by atoms with Gasteiger partial charge in [-0.2, -0.15) is 0 Å². The standard InChI is InChI=1S/C13H16N2O/c16-13(5-10-6-14-7-10)15-8-11-3-1-2-4-12(11)9-15/h1-4,10,14H,5-9H2. The van der Waals surface area contributed by atoms with Crippen molar-refractivity contribution in [2.24, 2.45) is 5.92 Å². The molecule has 0 atom stereocenters. The van der Waals surface area contributed by atoms with Crippen molar-refractivity contribution >= 4 is 5.91 Å². The van der Waals surface area contributed by atoms with Crippen LogP contribution >= 0.6 is 0 Å². The van der Waals surface area contributed by atoms with E-state index in [9.17, 15) is 4.79 Å². The lowest BCUT2D eigenvalue weighted by molar-refractivity contribution is -0.133. The first-order valence-corrected chi connectivity index (χ1v) is 5.88. The van der Waals surface area contributed by atoms with Crippen molar-refractivity contribution < 1.29 is 4.79 Å². The van der Waals surface area contributed by atoms with Crippen molar-refractivity contribution in [3.05, 3.63) is 35.4 Å². The summed E-state index contributed by atoms with van der Waals surface area (Å²) in [6.45, 7) is 3.61. The van der Waals surface area contributed by atoms with Gasteiger partial charge in [0.1, 0.15) is 0 Å². The fourth-order valence-electron chi connectivity index (χ4n) is 2.38. The Morgan fingerprint density at radius 2 is 1.88 bits per heavy atom. The zero-order chi connectivity index (χ0) is 11.0. The Morgan fingerprint density at radius 1 is 1.25 bits per heavy atom. The molecule has 0 saturated carbocycles. The Kier molecular flexibility index (Phi) is 2.40. The largest absolute Gasteiger partial charge is 0.334 e. The Hall–Kier alpha value is -1.35. The van der Waals surface area contributed by atoms with Crippen LogP contribution in [-0.2, 0) is 17.9 Å². The minimum Gasteiger partial charge on any atom is -0.334 e. The topological polar surface area (TPSA) is 32.3 Å². The van der Waals surface area contributed by atoms with Crippen molar-refractivity contribution in [2.45, 2.75) is 19.5 Å². The summed E-state index contributed by atoms with van der Waals surface area (Å²) in [5.74, 6) is 0.874. The zero-order valence-electron chi connectivity index (χ0n) is 9.28. The van der Waals surface area contributed by atoms with E-state index < -0.39 is 0 Å². The van der Waals surface area contributed by atoms with E-state index in [-0.39, 0.29) is 0 Å². The Balaban J connectivity index is 1.64. The summed E-state index contributed by atoms with van der Waals surface area (Å²) in [6.07, 6.45) is 0.709. The zero-order valence-corrected chi connectivity index (χ0v) is 9.28. The number of nitrogens with zero attached hydrogens (tertiary/aromatic N) is 1. The highest BCUT2D eigenvalue weighted by molar-refractivity contribution is 5.77. The van der Waals surface area contributed by atoms with Crippen LogP contribution in [0.15, 0.2) is 24.3 Å².